The van der Waals surface area contributed by atoms with Gasteiger partial charge in [-0.3, -0.25) is 4.79 Å². The summed E-state index contributed by atoms with van der Waals surface area (Å²) in [7, 11) is 2.87. The SMILES string of the molecule is CNC(=O)C(C)Nc1nc(C(=O)OC)c(C)s1. The highest BCUT2D eigenvalue weighted by atomic mass is 32.1. The number of likely N-dealkylation sites (N-methyl/N-ethyl adjacent to an activating group) is 1. The molecule has 0 aliphatic carbocycles. The molecule has 0 aliphatic rings. The third-order valence-electron chi connectivity index (χ3n) is 2.16. The minimum Gasteiger partial charge on any atom is -0.464 e. The zero-order chi connectivity index (χ0) is 13.0. The topological polar surface area (TPSA) is 80.3 Å². The average Bonchev–Trinajstić information content (AvgIpc) is 2.67. The van der Waals surface area contributed by atoms with E-state index in [4.69, 9.17) is 0 Å². The number of esters is 1. The van der Waals surface area contributed by atoms with E-state index in [-0.39, 0.29) is 11.6 Å². The quantitative estimate of drug-likeness (QED) is 0.779. The summed E-state index contributed by atoms with van der Waals surface area (Å²) in [6.45, 7) is 3.49. The number of methoxy groups -OCH3 is 1. The molecule has 0 saturated heterocycles. The van der Waals surface area contributed by atoms with E-state index in [1.54, 1.807) is 20.9 Å². The van der Waals surface area contributed by atoms with Gasteiger partial charge < -0.3 is 15.4 Å². The van der Waals surface area contributed by atoms with Gasteiger partial charge in [0, 0.05) is 11.9 Å². The van der Waals surface area contributed by atoms with Crippen molar-refractivity contribution in [2.24, 2.45) is 0 Å². The molecule has 0 aliphatic heterocycles. The number of hydrogen-bond acceptors (Lipinski definition) is 6. The lowest BCUT2D eigenvalue weighted by molar-refractivity contribution is -0.121. The molecule has 1 aromatic rings. The van der Waals surface area contributed by atoms with Crippen LogP contribution < -0.4 is 10.6 Å². The lowest BCUT2D eigenvalue weighted by Crippen LogP contribution is -2.35. The van der Waals surface area contributed by atoms with Crippen molar-refractivity contribution in [3.05, 3.63) is 10.6 Å². The Bertz CT molecular complexity index is 430. The molecule has 1 heterocycles. The minimum absolute atomic E-state index is 0.141. The summed E-state index contributed by atoms with van der Waals surface area (Å²) in [5, 5.41) is 5.97. The molecule has 0 radical (unpaired) electrons. The number of thiazole rings is 1. The Morgan fingerprint density at radius 1 is 1.47 bits per heavy atom. The van der Waals surface area contributed by atoms with E-state index >= 15 is 0 Å². The Balaban J connectivity index is 2.80. The maximum absolute atomic E-state index is 11.3. The Kier molecular flexibility index (Phi) is 4.45. The van der Waals surface area contributed by atoms with Gasteiger partial charge in [0.2, 0.25) is 5.91 Å². The lowest BCUT2D eigenvalue weighted by atomic mass is 10.3. The number of rotatable bonds is 4. The zero-order valence-electron chi connectivity index (χ0n) is 10.2. The molecule has 0 aromatic carbocycles. The van der Waals surface area contributed by atoms with Crippen LogP contribution in [0.3, 0.4) is 0 Å². The van der Waals surface area contributed by atoms with E-state index in [0.29, 0.717) is 5.13 Å². The van der Waals surface area contributed by atoms with Crippen LogP contribution in [0.15, 0.2) is 0 Å². The van der Waals surface area contributed by atoms with Crippen LogP contribution in [0, 0.1) is 6.92 Å². The molecule has 94 valence electrons. The lowest BCUT2D eigenvalue weighted by Gasteiger charge is -2.10. The van der Waals surface area contributed by atoms with Gasteiger partial charge >= 0.3 is 5.97 Å². The van der Waals surface area contributed by atoms with Crippen molar-refractivity contribution in [2.45, 2.75) is 19.9 Å². The smallest absolute Gasteiger partial charge is 0.357 e. The molecule has 1 atom stereocenters. The molecule has 17 heavy (non-hydrogen) atoms. The maximum atomic E-state index is 11.3. The molecular weight excluding hydrogens is 242 g/mol. The van der Waals surface area contributed by atoms with Crippen LogP contribution in [0.5, 0.6) is 0 Å². The summed E-state index contributed by atoms with van der Waals surface area (Å²) >= 11 is 1.31. The van der Waals surface area contributed by atoms with Crippen LogP contribution in [-0.2, 0) is 9.53 Å². The van der Waals surface area contributed by atoms with Crippen molar-refractivity contribution in [1.29, 1.82) is 0 Å². The molecule has 7 heteroatoms. The number of amides is 1. The van der Waals surface area contributed by atoms with E-state index < -0.39 is 12.0 Å². The largest absolute Gasteiger partial charge is 0.464 e. The van der Waals surface area contributed by atoms with Crippen LogP contribution in [0.25, 0.3) is 0 Å². The summed E-state index contributed by atoms with van der Waals surface area (Å²) in [5.41, 5.74) is 0.282. The van der Waals surface area contributed by atoms with Crippen LogP contribution in [0.2, 0.25) is 0 Å². The van der Waals surface area contributed by atoms with Gasteiger partial charge in [-0.2, -0.15) is 0 Å². The first-order valence-electron chi connectivity index (χ1n) is 5.03. The molecule has 1 aromatic heterocycles. The molecule has 1 amide bonds. The first kappa shape index (κ1) is 13.4. The summed E-state index contributed by atoms with van der Waals surface area (Å²) < 4.78 is 4.60. The molecule has 0 bridgehead atoms. The van der Waals surface area contributed by atoms with E-state index in [1.165, 1.54) is 18.4 Å². The molecule has 6 nitrogen and oxygen atoms in total. The van der Waals surface area contributed by atoms with Gasteiger partial charge in [-0.05, 0) is 13.8 Å². The normalized spacial score (nSPS) is 11.8. The monoisotopic (exact) mass is 257 g/mol. The van der Waals surface area contributed by atoms with Crippen molar-refractivity contribution in [2.75, 3.05) is 19.5 Å². The molecule has 0 saturated carbocycles. The van der Waals surface area contributed by atoms with E-state index in [1.807, 2.05) is 0 Å². The van der Waals surface area contributed by atoms with Crippen molar-refractivity contribution in [1.82, 2.24) is 10.3 Å². The highest BCUT2D eigenvalue weighted by Gasteiger charge is 2.18. The van der Waals surface area contributed by atoms with Gasteiger partial charge in [-0.1, -0.05) is 0 Å². The standard InChI is InChI=1S/C10H15N3O3S/c1-5(8(14)11-3)12-10-13-7(6(2)17-10)9(15)16-4/h5H,1-4H3,(H,11,14)(H,12,13). The number of anilines is 1. The summed E-state index contributed by atoms with van der Waals surface area (Å²) in [6.07, 6.45) is 0. The van der Waals surface area contributed by atoms with Crippen molar-refractivity contribution in [3.8, 4) is 0 Å². The van der Waals surface area contributed by atoms with Gasteiger partial charge in [0.25, 0.3) is 0 Å². The summed E-state index contributed by atoms with van der Waals surface area (Å²) in [5.74, 6) is -0.614. The molecule has 1 rings (SSSR count). The maximum Gasteiger partial charge on any atom is 0.357 e. The fraction of sp³-hybridized carbons (Fsp3) is 0.500. The second-order valence-electron chi connectivity index (χ2n) is 3.40. The first-order chi connectivity index (χ1) is 7.99. The second kappa shape index (κ2) is 5.62. The highest BCUT2D eigenvalue weighted by Crippen LogP contribution is 2.23. The number of aromatic nitrogens is 1. The number of carbonyl (C=O) groups is 2. The van der Waals surface area contributed by atoms with Gasteiger partial charge in [-0.25, -0.2) is 9.78 Å². The Labute approximate surface area is 103 Å². The highest BCUT2D eigenvalue weighted by molar-refractivity contribution is 7.15. The van der Waals surface area contributed by atoms with Gasteiger partial charge in [0.1, 0.15) is 6.04 Å². The van der Waals surface area contributed by atoms with E-state index in [0.717, 1.165) is 4.88 Å². The molecular formula is C10H15N3O3S. The van der Waals surface area contributed by atoms with Crippen molar-refractivity contribution >= 4 is 28.3 Å². The molecule has 1 unspecified atom stereocenters. The number of aryl methyl sites for hydroxylation is 1. The number of hydrogen-bond donors (Lipinski definition) is 2. The Morgan fingerprint density at radius 2 is 2.12 bits per heavy atom. The third kappa shape index (κ3) is 3.16. The summed E-state index contributed by atoms with van der Waals surface area (Å²) in [4.78, 5) is 27.5. The average molecular weight is 257 g/mol. The number of nitrogens with zero attached hydrogens (tertiary/aromatic N) is 1. The van der Waals surface area contributed by atoms with Gasteiger partial charge in [0.15, 0.2) is 10.8 Å². The van der Waals surface area contributed by atoms with Crippen molar-refractivity contribution in [3.63, 3.8) is 0 Å². The number of carbonyl (C=O) groups excluding carboxylic acids is 2. The van der Waals surface area contributed by atoms with Crippen LogP contribution >= 0.6 is 11.3 Å². The van der Waals surface area contributed by atoms with E-state index in [9.17, 15) is 9.59 Å². The van der Waals surface area contributed by atoms with Crippen LogP contribution in [0.1, 0.15) is 22.3 Å². The Morgan fingerprint density at radius 3 is 2.65 bits per heavy atom. The van der Waals surface area contributed by atoms with Crippen molar-refractivity contribution < 1.29 is 14.3 Å². The number of ether oxygens (including phenoxy) is 1. The molecule has 0 spiro atoms. The second-order valence-corrected chi connectivity index (χ2v) is 4.60. The van der Waals surface area contributed by atoms with Crippen LogP contribution in [-0.4, -0.2) is 37.1 Å². The van der Waals surface area contributed by atoms with E-state index in [2.05, 4.69) is 20.4 Å². The minimum atomic E-state index is -0.473. The zero-order valence-corrected chi connectivity index (χ0v) is 11.0. The van der Waals surface area contributed by atoms with Gasteiger partial charge in [-0.15, -0.1) is 11.3 Å². The van der Waals surface area contributed by atoms with Crippen LogP contribution in [0.4, 0.5) is 5.13 Å². The van der Waals surface area contributed by atoms with Gasteiger partial charge in [0.05, 0.1) is 7.11 Å². The first-order valence-corrected chi connectivity index (χ1v) is 5.85. The fourth-order valence-electron chi connectivity index (χ4n) is 1.21. The third-order valence-corrected chi connectivity index (χ3v) is 3.06. The predicted molar refractivity (Wildman–Crippen MR) is 65.3 cm³/mol. The molecule has 0 fully saturated rings. The predicted octanol–water partition coefficient (Wildman–Crippen LogP) is 0.785. The Hall–Kier alpha value is -1.63. The molecule has 2 N–H and O–H groups in total. The summed E-state index contributed by atoms with van der Waals surface area (Å²) in [6, 6.07) is -0.406. The fourth-order valence-corrected chi connectivity index (χ4v) is 2.10. The number of nitrogens with one attached hydrogen (secondary N) is 2.